The predicted molar refractivity (Wildman–Crippen MR) is 78.3 cm³/mol. The lowest BCUT2D eigenvalue weighted by Crippen LogP contribution is -2.32. The molecule has 0 bridgehead atoms. The summed E-state index contributed by atoms with van der Waals surface area (Å²) in [6.07, 6.45) is 3.57. The number of nitrogens with two attached hydrogens (primary N) is 1. The summed E-state index contributed by atoms with van der Waals surface area (Å²) in [7, 11) is 3.28. The molecule has 0 spiro atoms. The smallest absolute Gasteiger partial charge is 0.161 e. The number of ether oxygens (including phenoxy) is 2. The second-order valence-corrected chi connectivity index (χ2v) is 4.88. The first kappa shape index (κ1) is 15.8. The van der Waals surface area contributed by atoms with Gasteiger partial charge in [-0.15, -0.1) is 0 Å². The summed E-state index contributed by atoms with van der Waals surface area (Å²) < 4.78 is 10.6. The SMILES string of the molecule is CCCCC(C)C(NN)c1ccc(OC)c(OC)c1. The number of hydrogen-bond acceptors (Lipinski definition) is 4. The van der Waals surface area contributed by atoms with Gasteiger partial charge in [0, 0.05) is 6.04 Å². The van der Waals surface area contributed by atoms with Crippen LogP contribution in [0.3, 0.4) is 0 Å². The van der Waals surface area contributed by atoms with Crippen LogP contribution in [-0.2, 0) is 0 Å². The molecule has 0 aromatic heterocycles. The quantitative estimate of drug-likeness (QED) is 0.561. The van der Waals surface area contributed by atoms with Crippen LogP contribution in [0.25, 0.3) is 0 Å². The Kier molecular flexibility index (Phi) is 6.67. The number of nitrogens with one attached hydrogen (secondary N) is 1. The molecule has 0 aliphatic carbocycles. The van der Waals surface area contributed by atoms with Gasteiger partial charge in [0.25, 0.3) is 0 Å². The van der Waals surface area contributed by atoms with Crippen LogP contribution in [0.2, 0.25) is 0 Å². The van der Waals surface area contributed by atoms with Gasteiger partial charge in [-0.05, 0) is 30.0 Å². The molecule has 1 rings (SSSR count). The van der Waals surface area contributed by atoms with Crippen LogP contribution in [0.1, 0.15) is 44.7 Å². The van der Waals surface area contributed by atoms with Crippen molar-refractivity contribution in [3.05, 3.63) is 23.8 Å². The summed E-state index contributed by atoms with van der Waals surface area (Å²) in [5.41, 5.74) is 4.05. The number of unbranched alkanes of at least 4 members (excludes halogenated alkanes) is 1. The minimum atomic E-state index is 0.131. The molecule has 108 valence electrons. The Hall–Kier alpha value is -1.26. The molecule has 0 saturated heterocycles. The third kappa shape index (κ3) is 4.11. The van der Waals surface area contributed by atoms with Crippen molar-refractivity contribution in [1.82, 2.24) is 5.43 Å². The summed E-state index contributed by atoms with van der Waals surface area (Å²) in [6, 6.07) is 6.08. The molecule has 1 aromatic carbocycles. The van der Waals surface area contributed by atoms with E-state index < -0.39 is 0 Å². The third-order valence-corrected chi connectivity index (χ3v) is 3.53. The number of rotatable bonds is 8. The van der Waals surface area contributed by atoms with Gasteiger partial charge in [0.1, 0.15) is 0 Å². The molecule has 2 unspecified atom stereocenters. The summed E-state index contributed by atoms with van der Waals surface area (Å²) >= 11 is 0. The molecule has 0 radical (unpaired) electrons. The Morgan fingerprint density at radius 1 is 1.21 bits per heavy atom. The van der Waals surface area contributed by atoms with Gasteiger partial charge < -0.3 is 9.47 Å². The summed E-state index contributed by atoms with van der Waals surface area (Å²) in [5.74, 6) is 7.67. The van der Waals surface area contributed by atoms with E-state index in [0.29, 0.717) is 5.92 Å². The largest absolute Gasteiger partial charge is 0.493 e. The van der Waals surface area contributed by atoms with E-state index >= 15 is 0 Å². The molecule has 0 aliphatic rings. The summed E-state index contributed by atoms with van der Waals surface area (Å²) in [5, 5.41) is 0. The average molecular weight is 266 g/mol. The monoisotopic (exact) mass is 266 g/mol. The van der Waals surface area contributed by atoms with Gasteiger partial charge in [0.2, 0.25) is 0 Å². The van der Waals surface area contributed by atoms with Crippen molar-refractivity contribution in [3.63, 3.8) is 0 Å². The maximum atomic E-state index is 5.72. The van der Waals surface area contributed by atoms with Crippen molar-refractivity contribution in [2.45, 2.75) is 39.2 Å². The van der Waals surface area contributed by atoms with Gasteiger partial charge in [-0.3, -0.25) is 11.3 Å². The van der Waals surface area contributed by atoms with E-state index in [1.807, 2.05) is 18.2 Å². The first-order valence-corrected chi connectivity index (χ1v) is 6.85. The molecule has 0 saturated carbocycles. The van der Waals surface area contributed by atoms with Crippen molar-refractivity contribution in [2.24, 2.45) is 11.8 Å². The fourth-order valence-corrected chi connectivity index (χ4v) is 2.33. The molecular weight excluding hydrogens is 240 g/mol. The third-order valence-electron chi connectivity index (χ3n) is 3.53. The van der Waals surface area contributed by atoms with Crippen molar-refractivity contribution >= 4 is 0 Å². The fraction of sp³-hybridized carbons (Fsp3) is 0.600. The fourth-order valence-electron chi connectivity index (χ4n) is 2.33. The molecule has 4 nitrogen and oxygen atoms in total. The van der Waals surface area contributed by atoms with Crippen molar-refractivity contribution in [3.8, 4) is 11.5 Å². The lowest BCUT2D eigenvalue weighted by Gasteiger charge is -2.24. The number of hydrazine groups is 1. The highest BCUT2D eigenvalue weighted by atomic mass is 16.5. The highest BCUT2D eigenvalue weighted by Crippen LogP contribution is 2.33. The van der Waals surface area contributed by atoms with Gasteiger partial charge >= 0.3 is 0 Å². The normalized spacial score (nSPS) is 13.9. The highest BCUT2D eigenvalue weighted by molar-refractivity contribution is 5.43. The van der Waals surface area contributed by atoms with Gasteiger partial charge in [0.15, 0.2) is 11.5 Å². The van der Waals surface area contributed by atoms with Gasteiger partial charge in [0.05, 0.1) is 14.2 Å². The molecule has 19 heavy (non-hydrogen) atoms. The number of benzene rings is 1. The van der Waals surface area contributed by atoms with Crippen LogP contribution >= 0.6 is 0 Å². The Morgan fingerprint density at radius 2 is 1.89 bits per heavy atom. The number of methoxy groups -OCH3 is 2. The van der Waals surface area contributed by atoms with Crippen molar-refractivity contribution in [2.75, 3.05) is 14.2 Å². The minimum Gasteiger partial charge on any atom is -0.493 e. The van der Waals surface area contributed by atoms with Crippen LogP contribution in [-0.4, -0.2) is 14.2 Å². The second kappa shape index (κ2) is 8.02. The number of hydrogen-bond donors (Lipinski definition) is 2. The van der Waals surface area contributed by atoms with Crippen LogP contribution in [0.5, 0.6) is 11.5 Å². The topological polar surface area (TPSA) is 56.5 Å². The summed E-state index contributed by atoms with van der Waals surface area (Å²) in [4.78, 5) is 0. The Bertz CT molecular complexity index is 382. The van der Waals surface area contributed by atoms with E-state index in [2.05, 4.69) is 19.3 Å². The Balaban J connectivity index is 2.91. The second-order valence-electron chi connectivity index (χ2n) is 4.88. The molecule has 0 heterocycles. The summed E-state index contributed by atoms with van der Waals surface area (Å²) in [6.45, 7) is 4.42. The minimum absolute atomic E-state index is 0.131. The maximum absolute atomic E-state index is 5.72. The van der Waals surface area contributed by atoms with Crippen molar-refractivity contribution < 1.29 is 9.47 Å². The predicted octanol–water partition coefficient (Wildman–Crippen LogP) is 3.03. The molecule has 0 aliphatic heterocycles. The Labute approximate surface area is 116 Å². The van der Waals surface area contributed by atoms with Crippen LogP contribution < -0.4 is 20.7 Å². The van der Waals surface area contributed by atoms with E-state index in [1.54, 1.807) is 14.2 Å². The van der Waals surface area contributed by atoms with Crippen LogP contribution in [0.15, 0.2) is 18.2 Å². The van der Waals surface area contributed by atoms with Gasteiger partial charge in [-0.25, -0.2) is 0 Å². The molecule has 3 N–H and O–H groups in total. The van der Waals surface area contributed by atoms with Gasteiger partial charge in [-0.1, -0.05) is 32.8 Å². The first-order chi connectivity index (χ1) is 9.17. The lowest BCUT2D eigenvalue weighted by atomic mass is 9.90. The average Bonchev–Trinajstić information content (AvgIpc) is 2.45. The van der Waals surface area contributed by atoms with Gasteiger partial charge in [-0.2, -0.15) is 0 Å². The molecule has 2 atom stereocenters. The lowest BCUT2D eigenvalue weighted by molar-refractivity contribution is 0.345. The molecule has 0 amide bonds. The molecule has 0 fully saturated rings. The molecule has 4 heteroatoms. The first-order valence-electron chi connectivity index (χ1n) is 6.85. The van der Waals surface area contributed by atoms with E-state index in [4.69, 9.17) is 15.3 Å². The van der Waals surface area contributed by atoms with Crippen LogP contribution in [0, 0.1) is 5.92 Å². The standard InChI is InChI=1S/C15H26N2O2/c1-5-6-7-11(2)15(17-16)12-8-9-13(18-3)14(10-12)19-4/h8-11,15,17H,5-7,16H2,1-4H3. The maximum Gasteiger partial charge on any atom is 0.161 e. The zero-order valence-corrected chi connectivity index (χ0v) is 12.4. The van der Waals surface area contributed by atoms with E-state index in [-0.39, 0.29) is 6.04 Å². The van der Waals surface area contributed by atoms with E-state index in [1.165, 1.54) is 12.8 Å². The Morgan fingerprint density at radius 3 is 2.42 bits per heavy atom. The van der Waals surface area contributed by atoms with Crippen LogP contribution in [0.4, 0.5) is 0 Å². The highest BCUT2D eigenvalue weighted by Gasteiger charge is 2.19. The van der Waals surface area contributed by atoms with E-state index in [9.17, 15) is 0 Å². The zero-order valence-electron chi connectivity index (χ0n) is 12.4. The van der Waals surface area contributed by atoms with Crippen molar-refractivity contribution in [1.29, 1.82) is 0 Å². The molecule has 1 aromatic rings. The molecular formula is C15H26N2O2. The zero-order chi connectivity index (χ0) is 14.3. The van der Waals surface area contributed by atoms with E-state index in [0.717, 1.165) is 23.5 Å².